The number of hydrogen-bond donors (Lipinski definition) is 4. The van der Waals surface area contributed by atoms with Crippen LogP contribution in [0.1, 0.15) is 24.6 Å². The average Bonchev–Trinajstić information content (AvgIpc) is 3.27. The number of amides is 3. The van der Waals surface area contributed by atoms with E-state index >= 15 is 0 Å². The molecule has 10 nitrogen and oxygen atoms in total. The second-order valence-corrected chi connectivity index (χ2v) is 8.31. The molecule has 1 aliphatic rings. The first-order chi connectivity index (χ1) is 14.8. The summed E-state index contributed by atoms with van der Waals surface area (Å²) in [5.41, 5.74) is 1.26. The van der Waals surface area contributed by atoms with Gasteiger partial charge in [-0.25, -0.2) is 9.98 Å². The smallest absolute Gasteiger partial charge is 0.303 e. The van der Waals surface area contributed by atoms with E-state index in [0.717, 1.165) is 23.1 Å². The number of rotatable bonds is 7. The Kier molecular flexibility index (Phi) is 7.15. The molecule has 12 heteroatoms. The van der Waals surface area contributed by atoms with Crippen LogP contribution in [0.3, 0.4) is 0 Å². The van der Waals surface area contributed by atoms with Crippen molar-refractivity contribution in [2.45, 2.75) is 19.8 Å². The molecule has 1 aromatic carbocycles. The van der Waals surface area contributed by atoms with Gasteiger partial charge < -0.3 is 21.1 Å². The Morgan fingerprint density at radius 1 is 1.19 bits per heavy atom. The van der Waals surface area contributed by atoms with E-state index in [-0.39, 0.29) is 24.7 Å². The number of carbonyl (C=O) groups is 4. The molecule has 1 aromatic heterocycles. The van der Waals surface area contributed by atoms with Gasteiger partial charge in [-0.3, -0.25) is 19.2 Å². The van der Waals surface area contributed by atoms with Crippen LogP contribution in [-0.2, 0) is 19.2 Å². The zero-order chi connectivity index (χ0) is 22.4. The van der Waals surface area contributed by atoms with Gasteiger partial charge in [0.15, 0.2) is 10.3 Å². The highest BCUT2D eigenvalue weighted by atomic mass is 32.2. The van der Waals surface area contributed by atoms with Gasteiger partial charge in [-0.2, -0.15) is 0 Å². The van der Waals surface area contributed by atoms with Crippen LogP contribution in [0.2, 0.25) is 0 Å². The van der Waals surface area contributed by atoms with Gasteiger partial charge >= 0.3 is 5.97 Å². The highest BCUT2D eigenvalue weighted by Gasteiger charge is 2.24. The molecule has 0 bridgehead atoms. The summed E-state index contributed by atoms with van der Waals surface area (Å²) in [6.45, 7) is 1.42. The quantitative estimate of drug-likeness (QED) is 0.465. The van der Waals surface area contributed by atoms with Crippen LogP contribution in [0, 0.1) is 0 Å². The van der Waals surface area contributed by atoms with Gasteiger partial charge in [-0.1, -0.05) is 11.3 Å². The molecule has 0 spiro atoms. The van der Waals surface area contributed by atoms with Crippen molar-refractivity contribution in [2.24, 2.45) is 4.99 Å². The number of aromatic nitrogens is 1. The van der Waals surface area contributed by atoms with Crippen molar-refractivity contribution in [3.8, 4) is 0 Å². The van der Waals surface area contributed by atoms with Gasteiger partial charge in [0.2, 0.25) is 11.8 Å². The van der Waals surface area contributed by atoms with Crippen molar-refractivity contribution in [3.63, 3.8) is 0 Å². The molecule has 2 heterocycles. The van der Waals surface area contributed by atoms with Crippen LogP contribution in [-0.4, -0.2) is 38.9 Å². The minimum atomic E-state index is -1.05. The molecule has 1 fully saturated rings. The fraction of sp³-hybridized carbons (Fsp3) is 0.158. The summed E-state index contributed by atoms with van der Waals surface area (Å²) in [4.78, 5) is 55.0. The lowest BCUT2D eigenvalue weighted by molar-refractivity contribution is -0.138. The van der Waals surface area contributed by atoms with Crippen molar-refractivity contribution in [2.75, 3.05) is 10.6 Å². The van der Waals surface area contributed by atoms with Crippen molar-refractivity contribution in [3.05, 3.63) is 40.2 Å². The molecular formula is C19H17N5O5S2. The Balaban J connectivity index is 1.63. The number of thioether (sulfide) groups is 1. The maximum atomic E-state index is 12.2. The van der Waals surface area contributed by atoms with E-state index in [2.05, 4.69) is 25.9 Å². The first kappa shape index (κ1) is 22.2. The molecule has 2 aromatic rings. The minimum absolute atomic E-state index is 0.144. The van der Waals surface area contributed by atoms with Crippen LogP contribution in [0.25, 0.3) is 6.08 Å². The lowest BCUT2D eigenvalue weighted by Gasteiger charge is -2.02. The summed E-state index contributed by atoms with van der Waals surface area (Å²) in [5, 5.41) is 17.2. The van der Waals surface area contributed by atoms with Gasteiger partial charge in [-0.05, 0) is 42.1 Å². The first-order valence-corrected chi connectivity index (χ1v) is 10.6. The lowest BCUT2D eigenvalue weighted by atomic mass is 10.3. The van der Waals surface area contributed by atoms with Gasteiger partial charge in [0, 0.05) is 25.2 Å². The van der Waals surface area contributed by atoms with E-state index in [0.29, 0.717) is 31.5 Å². The van der Waals surface area contributed by atoms with Crippen molar-refractivity contribution in [1.29, 1.82) is 0 Å². The van der Waals surface area contributed by atoms with Gasteiger partial charge in [0.25, 0.3) is 5.91 Å². The first-order valence-electron chi connectivity index (χ1n) is 8.93. The molecule has 0 aliphatic carbocycles. The molecule has 1 aliphatic heterocycles. The van der Waals surface area contributed by atoms with Crippen LogP contribution in [0.15, 0.2) is 40.4 Å². The molecule has 0 unspecified atom stereocenters. The summed E-state index contributed by atoms with van der Waals surface area (Å²) >= 11 is 2.33. The predicted octanol–water partition coefficient (Wildman–Crippen LogP) is 2.80. The Bertz CT molecular complexity index is 1090. The fourth-order valence-corrected chi connectivity index (χ4v) is 4.05. The van der Waals surface area contributed by atoms with E-state index in [1.165, 1.54) is 13.1 Å². The maximum absolute atomic E-state index is 12.2. The zero-order valence-corrected chi connectivity index (χ0v) is 17.8. The van der Waals surface area contributed by atoms with Crippen LogP contribution in [0.4, 0.5) is 16.5 Å². The second-order valence-electron chi connectivity index (χ2n) is 6.22. The molecule has 0 saturated carbocycles. The SMILES string of the molecule is CC(=O)Nc1ccc(N=C2NC(=O)/C(=C/c3cnc(NC(=O)CCC(=O)O)s3)S2)cc1. The Labute approximate surface area is 184 Å². The number of carboxylic acids is 1. The van der Waals surface area contributed by atoms with Crippen LogP contribution >= 0.6 is 23.1 Å². The monoisotopic (exact) mass is 459 g/mol. The third kappa shape index (κ3) is 6.76. The van der Waals surface area contributed by atoms with Crippen molar-refractivity contribution < 1.29 is 24.3 Å². The van der Waals surface area contributed by atoms with Gasteiger partial charge in [-0.15, -0.1) is 0 Å². The molecule has 0 radical (unpaired) electrons. The highest BCUT2D eigenvalue weighted by molar-refractivity contribution is 8.18. The topological polar surface area (TPSA) is 150 Å². The van der Waals surface area contributed by atoms with E-state index in [4.69, 9.17) is 5.11 Å². The molecule has 0 atom stereocenters. The summed E-state index contributed by atoms with van der Waals surface area (Å²) in [7, 11) is 0. The standard InChI is InChI=1S/C19H17N5O5S2/c1-10(25)21-11-2-4-12(5-3-11)22-19-24-17(29)14(31-19)8-13-9-20-18(30-13)23-15(26)6-7-16(27)28/h2-5,8-9H,6-7H2,1H3,(H,21,25)(H,27,28)(H,20,23,26)(H,22,24,29)/b14-8-. The third-order valence-corrected chi connectivity index (χ3v) is 5.45. The van der Waals surface area contributed by atoms with E-state index in [9.17, 15) is 19.2 Å². The highest BCUT2D eigenvalue weighted by Crippen LogP contribution is 2.30. The molecule has 4 N–H and O–H groups in total. The predicted molar refractivity (Wildman–Crippen MR) is 119 cm³/mol. The lowest BCUT2D eigenvalue weighted by Crippen LogP contribution is -2.19. The molecule has 160 valence electrons. The summed E-state index contributed by atoms with van der Waals surface area (Å²) in [5.74, 6) is -1.97. The summed E-state index contributed by atoms with van der Waals surface area (Å²) < 4.78 is 0. The Morgan fingerprint density at radius 3 is 2.61 bits per heavy atom. The fourth-order valence-electron chi connectivity index (χ4n) is 2.36. The molecule has 3 amide bonds. The van der Waals surface area contributed by atoms with Crippen molar-refractivity contribution in [1.82, 2.24) is 10.3 Å². The normalized spacial score (nSPS) is 15.7. The number of carbonyl (C=O) groups excluding carboxylic acids is 3. The van der Waals surface area contributed by atoms with Crippen LogP contribution < -0.4 is 16.0 Å². The number of anilines is 2. The van der Waals surface area contributed by atoms with E-state index in [1.54, 1.807) is 30.3 Å². The van der Waals surface area contributed by atoms with Crippen LogP contribution in [0.5, 0.6) is 0 Å². The Morgan fingerprint density at radius 2 is 1.94 bits per heavy atom. The van der Waals surface area contributed by atoms with Gasteiger partial charge in [0.05, 0.1) is 21.9 Å². The summed E-state index contributed by atoms with van der Waals surface area (Å²) in [6, 6.07) is 6.86. The number of hydrogen-bond acceptors (Lipinski definition) is 8. The number of amidine groups is 1. The number of thiazole rings is 1. The zero-order valence-electron chi connectivity index (χ0n) is 16.2. The number of aliphatic imine (C=N–C) groups is 1. The summed E-state index contributed by atoms with van der Waals surface area (Å²) in [6.07, 6.45) is 2.74. The average molecular weight is 460 g/mol. The number of nitrogens with zero attached hydrogens (tertiary/aromatic N) is 2. The largest absolute Gasteiger partial charge is 0.481 e. The number of aliphatic carboxylic acids is 1. The number of carboxylic acid groups (broad SMARTS) is 1. The van der Waals surface area contributed by atoms with Gasteiger partial charge in [0.1, 0.15) is 0 Å². The molecular weight excluding hydrogens is 442 g/mol. The van der Waals surface area contributed by atoms with Crippen molar-refractivity contribution >= 4 is 74.5 Å². The molecule has 1 saturated heterocycles. The molecule has 31 heavy (non-hydrogen) atoms. The van der Waals surface area contributed by atoms with E-state index in [1.807, 2.05) is 0 Å². The third-order valence-electron chi connectivity index (χ3n) is 3.68. The Hall–Kier alpha value is -3.51. The maximum Gasteiger partial charge on any atom is 0.303 e. The number of benzene rings is 1. The minimum Gasteiger partial charge on any atom is -0.481 e. The molecule has 3 rings (SSSR count). The second kappa shape index (κ2) is 10.00. The van der Waals surface area contributed by atoms with E-state index < -0.39 is 11.9 Å². The number of nitrogens with one attached hydrogen (secondary N) is 3.